The summed E-state index contributed by atoms with van der Waals surface area (Å²) in [4.78, 5) is 11.7. The number of aliphatic hydroxyl groups is 1. The first-order valence-corrected chi connectivity index (χ1v) is 5.29. The Kier molecular flexibility index (Phi) is 3.92. The third kappa shape index (κ3) is 3.32. The molecule has 96 valence electrons. The van der Waals surface area contributed by atoms with Crippen LogP contribution in [0.5, 0.6) is 6.01 Å². The number of aromatic nitrogens is 3. The van der Waals surface area contributed by atoms with Crippen molar-refractivity contribution in [3.8, 4) is 6.01 Å². The molecule has 0 aromatic carbocycles. The topological polar surface area (TPSA) is 119 Å². The maximum Gasteiger partial charge on any atom is 0.323 e. The van der Waals surface area contributed by atoms with Crippen LogP contribution in [-0.4, -0.2) is 33.2 Å². The van der Waals surface area contributed by atoms with Gasteiger partial charge in [0, 0.05) is 6.54 Å². The fourth-order valence-corrected chi connectivity index (χ4v) is 1.21. The molecule has 0 unspecified atom stereocenters. The van der Waals surface area contributed by atoms with Crippen LogP contribution >= 0.6 is 0 Å². The zero-order chi connectivity index (χ0) is 12.8. The van der Waals surface area contributed by atoms with Crippen molar-refractivity contribution in [3.05, 3.63) is 24.2 Å². The van der Waals surface area contributed by atoms with Crippen LogP contribution in [0.4, 0.5) is 11.9 Å². The molecule has 0 aliphatic carbocycles. The number of nitrogen functional groups attached to an aromatic ring is 1. The van der Waals surface area contributed by atoms with Crippen molar-refractivity contribution in [1.29, 1.82) is 0 Å². The smallest absolute Gasteiger partial charge is 0.323 e. The molecule has 2 heterocycles. The van der Waals surface area contributed by atoms with E-state index in [1.807, 2.05) is 0 Å². The molecule has 0 saturated carbocycles. The van der Waals surface area contributed by atoms with Crippen LogP contribution in [0, 0.1) is 0 Å². The quantitative estimate of drug-likeness (QED) is 0.657. The number of aliphatic hydroxyl groups excluding tert-OH is 1. The number of hydrogen-bond acceptors (Lipinski definition) is 8. The fourth-order valence-electron chi connectivity index (χ4n) is 1.21. The molecule has 2 aromatic heterocycles. The highest BCUT2D eigenvalue weighted by molar-refractivity contribution is 5.32. The summed E-state index contributed by atoms with van der Waals surface area (Å²) in [6, 6.07) is 3.63. The summed E-state index contributed by atoms with van der Waals surface area (Å²) in [7, 11) is 0. The molecule has 2 rings (SSSR count). The summed E-state index contributed by atoms with van der Waals surface area (Å²) in [5.74, 6) is 0.949. The lowest BCUT2D eigenvalue weighted by molar-refractivity contribution is 0.250. The van der Waals surface area contributed by atoms with E-state index in [2.05, 4.69) is 20.3 Å². The number of nitrogens with one attached hydrogen (secondary N) is 1. The Morgan fingerprint density at radius 1 is 1.39 bits per heavy atom. The number of ether oxygens (including phenoxy) is 1. The van der Waals surface area contributed by atoms with Gasteiger partial charge >= 0.3 is 6.01 Å². The van der Waals surface area contributed by atoms with E-state index in [1.165, 1.54) is 0 Å². The number of furan rings is 1. The Bertz CT molecular complexity index is 488. The van der Waals surface area contributed by atoms with Gasteiger partial charge in [0.05, 0.1) is 12.9 Å². The molecule has 2 aromatic rings. The number of anilines is 2. The minimum Gasteiger partial charge on any atom is -0.466 e. The Morgan fingerprint density at radius 3 is 3.00 bits per heavy atom. The summed E-state index contributed by atoms with van der Waals surface area (Å²) in [6.07, 6.45) is 1.55. The van der Waals surface area contributed by atoms with Gasteiger partial charge in [-0.3, -0.25) is 0 Å². The van der Waals surface area contributed by atoms with Crippen LogP contribution in [0.3, 0.4) is 0 Å². The second-order valence-corrected chi connectivity index (χ2v) is 3.32. The van der Waals surface area contributed by atoms with Gasteiger partial charge in [-0.2, -0.15) is 15.0 Å². The van der Waals surface area contributed by atoms with Crippen LogP contribution in [0.2, 0.25) is 0 Å². The van der Waals surface area contributed by atoms with Crippen molar-refractivity contribution in [2.75, 3.05) is 24.2 Å². The lowest BCUT2D eigenvalue weighted by Crippen LogP contribution is -2.12. The van der Waals surface area contributed by atoms with E-state index in [0.717, 1.165) is 0 Å². The van der Waals surface area contributed by atoms with E-state index in [-0.39, 0.29) is 31.1 Å². The first kappa shape index (κ1) is 12.1. The van der Waals surface area contributed by atoms with Gasteiger partial charge in [-0.15, -0.1) is 0 Å². The normalized spacial score (nSPS) is 10.3. The molecule has 0 fully saturated rings. The molecule has 4 N–H and O–H groups in total. The summed E-state index contributed by atoms with van der Waals surface area (Å²) in [6.45, 7) is 0.491. The predicted molar refractivity (Wildman–Crippen MR) is 62.9 cm³/mol. The third-order valence-electron chi connectivity index (χ3n) is 1.95. The molecule has 8 nitrogen and oxygen atoms in total. The molecule has 0 spiro atoms. The van der Waals surface area contributed by atoms with Gasteiger partial charge in [0.15, 0.2) is 0 Å². The molecule has 0 aliphatic heterocycles. The minimum absolute atomic E-state index is 0.0336. The van der Waals surface area contributed by atoms with E-state index in [0.29, 0.717) is 12.3 Å². The van der Waals surface area contributed by atoms with Crippen LogP contribution in [0.1, 0.15) is 5.76 Å². The monoisotopic (exact) mass is 251 g/mol. The summed E-state index contributed by atoms with van der Waals surface area (Å²) in [5.41, 5.74) is 5.51. The minimum atomic E-state index is -0.0336. The Hall–Kier alpha value is -2.35. The maximum absolute atomic E-state index is 8.69. The van der Waals surface area contributed by atoms with Crippen molar-refractivity contribution in [3.63, 3.8) is 0 Å². The molecule has 0 radical (unpaired) electrons. The Morgan fingerprint density at radius 2 is 2.28 bits per heavy atom. The highest BCUT2D eigenvalue weighted by atomic mass is 16.5. The Balaban J connectivity index is 2.00. The van der Waals surface area contributed by atoms with Gasteiger partial charge in [-0.25, -0.2) is 0 Å². The molecule has 18 heavy (non-hydrogen) atoms. The second kappa shape index (κ2) is 5.82. The molecular weight excluding hydrogens is 238 g/mol. The summed E-state index contributed by atoms with van der Waals surface area (Å²) < 4.78 is 10.4. The van der Waals surface area contributed by atoms with E-state index < -0.39 is 0 Å². The van der Waals surface area contributed by atoms with E-state index in [9.17, 15) is 0 Å². The summed E-state index contributed by atoms with van der Waals surface area (Å²) >= 11 is 0. The van der Waals surface area contributed by atoms with Crippen molar-refractivity contribution in [2.24, 2.45) is 0 Å². The average Bonchev–Trinajstić information content (AvgIpc) is 2.86. The van der Waals surface area contributed by atoms with Crippen LogP contribution in [-0.2, 0) is 6.61 Å². The molecule has 0 saturated heterocycles. The Labute approximate surface area is 103 Å². The molecule has 0 aliphatic rings. The van der Waals surface area contributed by atoms with Crippen LogP contribution in [0.15, 0.2) is 22.8 Å². The highest BCUT2D eigenvalue weighted by Crippen LogP contribution is 2.11. The van der Waals surface area contributed by atoms with E-state index >= 15 is 0 Å². The number of nitrogens with zero attached hydrogens (tertiary/aromatic N) is 3. The van der Waals surface area contributed by atoms with Crippen molar-refractivity contribution >= 4 is 11.9 Å². The van der Waals surface area contributed by atoms with Gasteiger partial charge in [0.25, 0.3) is 0 Å². The van der Waals surface area contributed by atoms with Gasteiger partial charge < -0.3 is 25.3 Å². The van der Waals surface area contributed by atoms with Crippen LogP contribution < -0.4 is 15.8 Å². The van der Waals surface area contributed by atoms with Crippen molar-refractivity contribution in [2.45, 2.75) is 6.61 Å². The summed E-state index contributed by atoms with van der Waals surface area (Å²) in [5, 5.41) is 11.5. The number of rotatable bonds is 6. The van der Waals surface area contributed by atoms with Gasteiger partial charge in [-0.05, 0) is 12.1 Å². The zero-order valence-electron chi connectivity index (χ0n) is 9.54. The first-order chi connectivity index (χ1) is 8.78. The van der Waals surface area contributed by atoms with Crippen molar-refractivity contribution in [1.82, 2.24) is 15.0 Å². The predicted octanol–water partition coefficient (Wildman–Crippen LogP) is 0.0300. The third-order valence-corrected chi connectivity index (χ3v) is 1.95. The van der Waals surface area contributed by atoms with E-state index in [1.54, 1.807) is 18.4 Å². The van der Waals surface area contributed by atoms with Crippen LogP contribution in [0.25, 0.3) is 0 Å². The van der Waals surface area contributed by atoms with E-state index in [4.69, 9.17) is 20.0 Å². The molecule has 0 bridgehead atoms. The molecule has 8 heteroatoms. The van der Waals surface area contributed by atoms with Crippen molar-refractivity contribution < 1.29 is 14.3 Å². The fraction of sp³-hybridized carbons (Fsp3) is 0.300. The van der Waals surface area contributed by atoms with Gasteiger partial charge in [0.1, 0.15) is 12.4 Å². The highest BCUT2D eigenvalue weighted by Gasteiger charge is 2.06. The molecular formula is C10H13N5O3. The molecule has 0 amide bonds. The SMILES string of the molecule is Nc1nc(NCCO)nc(OCc2ccco2)n1. The standard InChI is InChI=1S/C10H13N5O3/c11-8-13-9(12-3-4-16)15-10(14-8)18-6-7-2-1-5-17-7/h1-2,5,16H,3-4,6H2,(H3,11,12,13,14,15). The molecule has 0 atom stereocenters. The van der Waals surface area contributed by atoms with Gasteiger partial charge in [-0.1, -0.05) is 0 Å². The number of nitrogens with two attached hydrogens (primary N) is 1. The zero-order valence-corrected chi connectivity index (χ0v) is 9.54. The number of hydrogen-bond donors (Lipinski definition) is 3. The largest absolute Gasteiger partial charge is 0.466 e. The lowest BCUT2D eigenvalue weighted by atomic mass is 10.5. The maximum atomic E-state index is 8.69. The van der Waals surface area contributed by atoms with Gasteiger partial charge in [0.2, 0.25) is 11.9 Å². The second-order valence-electron chi connectivity index (χ2n) is 3.32. The lowest BCUT2D eigenvalue weighted by Gasteiger charge is -2.06. The first-order valence-electron chi connectivity index (χ1n) is 5.29. The average molecular weight is 251 g/mol.